The summed E-state index contributed by atoms with van der Waals surface area (Å²) in [6.07, 6.45) is 0. The first-order chi connectivity index (χ1) is 3.27. The molecule has 44 valence electrons. The predicted molar refractivity (Wildman–Crippen MR) is 28.7 cm³/mol. The molecule has 0 bridgehead atoms. The van der Waals surface area contributed by atoms with Crippen LogP contribution in [0.1, 0.15) is 13.8 Å². The summed E-state index contributed by atoms with van der Waals surface area (Å²) in [5.41, 5.74) is 7.57. The molecule has 0 fully saturated rings. The van der Waals surface area contributed by atoms with Crippen LogP contribution < -0.4 is 22.3 Å². The molecule has 0 saturated heterocycles. The molecule has 4 heteroatoms. The normalized spacial score (nSPS) is 10.3. The Bertz CT molecular complexity index is 35.9. The third kappa shape index (κ3) is 5.84. The lowest BCUT2D eigenvalue weighted by atomic mass is 10.4. The average Bonchev–Trinajstić information content (AvgIpc) is 1.61. The number of nitrogens with two attached hydrogens (primary N) is 1. The molecule has 0 aromatic carbocycles. The Kier molecular flexibility index (Phi) is 3.92. The first kappa shape index (κ1) is 6.84. The van der Waals surface area contributed by atoms with Crippen LogP contribution in [-0.4, -0.2) is 6.04 Å². The van der Waals surface area contributed by atoms with Crippen molar-refractivity contribution >= 4 is 0 Å². The molecule has 0 unspecified atom stereocenters. The van der Waals surface area contributed by atoms with Crippen LogP contribution in [0.2, 0.25) is 0 Å². The first-order valence-electron chi connectivity index (χ1n) is 2.23. The second-order valence-electron chi connectivity index (χ2n) is 1.57. The lowest BCUT2D eigenvalue weighted by Crippen LogP contribution is -2.49. The monoisotopic (exact) mass is 104 g/mol. The zero-order valence-corrected chi connectivity index (χ0v) is 4.65. The van der Waals surface area contributed by atoms with Crippen molar-refractivity contribution in [2.45, 2.75) is 19.9 Å². The maximum atomic E-state index is 4.85. The largest absolute Gasteiger partial charge is 0.257 e. The minimum absolute atomic E-state index is 0.399. The summed E-state index contributed by atoms with van der Waals surface area (Å²) in [5, 5.41) is 0. The smallest absolute Gasteiger partial charge is 0.0170 e. The van der Waals surface area contributed by atoms with E-state index in [1.807, 2.05) is 13.8 Å². The topological polar surface area (TPSA) is 62.1 Å². The third-order valence-corrected chi connectivity index (χ3v) is 0.433. The number of hydrogen-bond donors (Lipinski definition) is 4. The van der Waals surface area contributed by atoms with E-state index < -0.39 is 0 Å². The van der Waals surface area contributed by atoms with Crippen LogP contribution in [-0.2, 0) is 0 Å². The van der Waals surface area contributed by atoms with E-state index in [0.29, 0.717) is 6.04 Å². The van der Waals surface area contributed by atoms with E-state index in [1.165, 1.54) is 0 Å². The maximum Gasteiger partial charge on any atom is 0.0170 e. The highest BCUT2D eigenvalue weighted by atomic mass is 15.7. The summed E-state index contributed by atoms with van der Waals surface area (Å²) in [5.74, 6) is 4.85. The molecule has 0 aromatic rings. The van der Waals surface area contributed by atoms with Crippen molar-refractivity contribution in [2.24, 2.45) is 5.84 Å². The van der Waals surface area contributed by atoms with Crippen molar-refractivity contribution in [3.8, 4) is 0 Å². The van der Waals surface area contributed by atoms with Gasteiger partial charge < -0.3 is 0 Å². The molecule has 0 atom stereocenters. The molecule has 0 amide bonds. The zero-order valence-electron chi connectivity index (χ0n) is 4.65. The van der Waals surface area contributed by atoms with E-state index in [2.05, 4.69) is 16.5 Å². The van der Waals surface area contributed by atoms with Crippen molar-refractivity contribution in [3.05, 3.63) is 0 Å². The highest BCUT2D eigenvalue weighted by molar-refractivity contribution is 4.40. The summed E-state index contributed by atoms with van der Waals surface area (Å²) in [6.45, 7) is 4.01. The van der Waals surface area contributed by atoms with Crippen LogP contribution >= 0.6 is 0 Å². The standard InChI is InChI=1S/C3H12N4/c1-3(2)5-7-6-4/h3,5-7H,4H2,1-2H3. The fourth-order valence-electron chi connectivity index (χ4n) is 0.186. The van der Waals surface area contributed by atoms with E-state index in [-0.39, 0.29) is 0 Å². The molecule has 0 aliphatic heterocycles. The van der Waals surface area contributed by atoms with Crippen LogP contribution in [0.4, 0.5) is 0 Å². The van der Waals surface area contributed by atoms with Gasteiger partial charge >= 0.3 is 0 Å². The summed E-state index contributed by atoms with van der Waals surface area (Å²) in [7, 11) is 0. The molecule has 0 aromatic heterocycles. The van der Waals surface area contributed by atoms with Gasteiger partial charge in [-0.25, -0.2) is 5.43 Å². The van der Waals surface area contributed by atoms with Crippen molar-refractivity contribution < 1.29 is 0 Å². The Balaban J connectivity index is 2.68. The van der Waals surface area contributed by atoms with Gasteiger partial charge in [-0.15, -0.1) is 0 Å². The summed E-state index contributed by atoms with van der Waals surface area (Å²) < 4.78 is 0. The van der Waals surface area contributed by atoms with Crippen LogP contribution in [0.15, 0.2) is 0 Å². The lowest BCUT2D eigenvalue weighted by Gasteiger charge is -2.06. The maximum absolute atomic E-state index is 4.85. The quantitative estimate of drug-likeness (QED) is 0.270. The molecular weight excluding hydrogens is 92.1 g/mol. The molecule has 5 N–H and O–H groups in total. The molecule has 0 aliphatic carbocycles. The number of nitrogens with one attached hydrogen (secondary N) is 3. The van der Waals surface area contributed by atoms with Gasteiger partial charge in [0, 0.05) is 6.04 Å². The van der Waals surface area contributed by atoms with Crippen LogP contribution in [0.25, 0.3) is 0 Å². The van der Waals surface area contributed by atoms with E-state index in [1.54, 1.807) is 0 Å². The molecule has 7 heavy (non-hydrogen) atoms. The van der Waals surface area contributed by atoms with Gasteiger partial charge in [0.15, 0.2) is 0 Å². The van der Waals surface area contributed by atoms with E-state index >= 15 is 0 Å². The predicted octanol–water partition coefficient (Wildman–Crippen LogP) is -1.13. The van der Waals surface area contributed by atoms with Gasteiger partial charge in [-0.05, 0) is 13.8 Å². The van der Waals surface area contributed by atoms with Crippen LogP contribution in [0.5, 0.6) is 0 Å². The fourth-order valence-corrected chi connectivity index (χ4v) is 0.186. The van der Waals surface area contributed by atoms with Crippen molar-refractivity contribution in [1.82, 2.24) is 16.5 Å². The van der Waals surface area contributed by atoms with Gasteiger partial charge in [-0.2, -0.15) is 11.1 Å². The molecule has 0 rings (SSSR count). The first-order valence-corrected chi connectivity index (χ1v) is 2.23. The SMILES string of the molecule is CC(C)NNNN. The van der Waals surface area contributed by atoms with Crippen molar-refractivity contribution in [1.29, 1.82) is 0 Å². The Morgan fingerprint density at radius 1 is 1.43 bits per heavy atom. The van der Waals surface area contributed by atoms with Gasteiger partial charge in [0.05, 0.1) is 0 Å². The minimum Gasteiger partial charge on any atom is -0.257 e. The molecule has 0 aliphatic rings. The van der Waals surface area contributed by atoms with Gasteiger partial charge in [-0.3, -0.25) is 5.84 Å². The Labute approximate surface area is 43.4 Å². The highest BCUT2D eigenvalue weighted by Crippen LogP contribution is 1.66. The van der Waals surface area contributed by atoms with Crippen LogP contribution in [0, 0.1) is 0 Å². The Morgan fingerprint density at radius 2 is 2.00 bits per heavy atom. The second-order valence-corrected chi connectivity index (χ2v) is 1.57. The third-order valence-electron chi connectivity index (χ3n) is 0.433. The van der Waals surface area contributed by atoms with Gasteiger partial charge in [0.2, 0.25) is 0 Å². The fraction of sp³-hybridized carbons (Fsp3) is 1.00. The Hall–Kier alpha value is -0.160. The molecule has 0 spiro atoms. The van der Waals surface area contributed by atoms with E-state index in [0.717, 1.165) is 0 Å². The summed E-state index contributed by atoms with van der Waals surface area (Å²) in [4.78, 5) is 0. The summed E-state index contributed by atoms with van der Waals surface area (Å²) >= 11 is 0. The van der Waals surface area contributed by atoms with E-state index in [4.69, 9.17) is 5.84 Å². The van der Waals surface area contributed by atoms with Crippen LogP contribution in [0.3, 0.4) is 0 Å². The highest BCUT2D eigenvalue weighted by Gasteiger charge is 1.83. The zero-order chi connectivity index (χ0) is 5.70. The van der Waals surface area contributed by atoms with Gasteiger partial charge in [-0.1, -0.05) is 0 Å². The van der Waals surface area contributed by atoms with Crippen molar-refractivity contribution in [3.63, 3.8) is 0 Å². The molecule has 0 radical (unpaired) electrons. The minimum atomic E-state index is 0.399. The lowest BCUT2D eigenvalue weighted by molar-refractivity contribution is 0.404. The van der Waals surface area contributed by atoms with Crippen molar-refractivity contribution in [2.75, 3.05) is 0 Å². The Morgan fingerprint density at radius 3 is 2.14 bits per heavy atom. The molecule has 0 heterocycles. The van der Waals surface area contributed by atoms with Gasteiger partial charge in [0.25, 0.3) is 0 Å². The van der Waals surface area contributed by atoms with E-state index in [9.17, 15) is 0 Å². The van der Waals surface area contributed by atoms with Gasteiger partial charge in [0.1, 0.15) is 0 Å². The number of rotatable bonds is 3. The second kappa shape index (κ2) is 4.01. The molecule has 4 nitrogen and oxygen atoms in total. The summed E-state index contributed by atoms with van der Waals surface area (Å²) in [6, 6.07) is 0.399. The number of hydrogen-bond acceptors (Lipinski definition) is 4. The molecular formula is C3H12N4. The average molecular weight is 104 g/mol. The number of hydrazine groups is 3. The molecule has 0 saturated carbocycles.